The second-order valence-corrected chi connectivity index (χ2v) is 4.61. The Morgan fingerprint density at radius 2 is 2.47 bits per heavy atom. The zero-order valence-electron chi connectivity index (χ0n) is 10.1. The topological polar surface area (TPSA) is 38.2 Å². The van der Waals surface area contributed by atoms with Crippen molar-refractivity contribution < 1.29 is 4.74 Å². The van der Waals surface area contributed by atoms with Crippen LogP contribution in [0.2, 0.25) is 0 Å². The van der Waals surface area contributed by atoms with Gasteiger partial charge in [-0.3, -0.25) is 0 Å². The van der Waals surface area contributed by atoms with Gasteiger partial charge in [0.15, 0.2) is 0 Å². The molecule has 1 fully saturated rings. The van der Waals surface area contributed by atoms with Gasteiger partial charge in [0, 0.05) is 31.2 Å². The average molecular weight is 256 g/mol. The van der Waals surface area contributed by atoms with Crippen molar-refractivity contribution in [2.24, 2.45) is 5.92 Å². The van der Waals surface area contributed by atoms with Crippen LogP contribution < -0.4 is 9.64 Å². The van der Waals surface area contributed by atoms with E-state index in [2.05, 4.69) is 21.8 Å². The van der Waals surface area contributed by atoms with Crippen LogP contribution in [0.25, 0.3) is 0 Å². The molecule has 2 heterocycles. The summed E-state index contributed by atoms with van der Waals surface area (Å²) in [7, 11) is 0. The van der Waals surface area contributed by atoms with Crippen molar-refractivity contribution in [3.8, 4) is 5.88 Å². The first-order chi connectivity index (χ1) is 8.33. The molecule has 1 aliphatic heterocycles. The molecule has 0 spiro atoms. The summed E-state index contributed by atoms with van der Waals surface area (Å²) >= 11 is 5.87. The van der Waals surface area contributed by atoms with Crippen LogP contribution in [0.15, 0.2) is 12.3 Å². The molecule has 1 saturated heterocycles. The van der Waals surface area contributed by atoms with Gasteiger partial charge in [0.25, 0.3) is 0 Å². The summed E-state index contributed by atoms with van der Waals surface area (Å²) in [5, 5.41) is 0. The number of ether oxygens (including phenoxy) is 1. The van der Waals surface area contributed by atoms with Crippen LogP contribution in [0, 0.1) is 5.92 Å². The van der Waals surface area contributed by atoms with Crippen molar-refractivity contribution in [2.75, 3.05) is 30.5 Å². The maximum Gasteiger partial charge on any atom is 0.228 e. The SMILES string of the molecule is CCCOc1ccnc(N2CCC(CCl)C2)n1. The first kappa shape index (κ1) is 12.4. The van der Waals surface area contributed by atoms with E-state index in [4.69, 9.17) is 16.3 Å². The fraction of sp³-hybridized carbons (Fsp3) is 0.667. The third-order valence-electron chi connectivity index (χ3n) is 2.86. The van der Waals surface area contributed by atoms with Gasteiger partial charge in [-0.15, -0.1) is 11.6 Å². The van der Waals surface area contributed by atoms with Gasteiger partial charge in [-0.2, -0.15) is 4.98 Å². The number of aromatic nitrogens is 2. The Morgan fingerprint density at radius 3 is 3.18 bits per heavy atom. The second-order valence-electron chi connectivity index (χ2n) is 4.30. The Bertz CT molecular complexity index is 361. The summed E-state index contributed by atoms with van der Waals surface area (Å²) < 4.78 is 5.50. The Balaban J connectivity index is 2.01. The molecule has 1 aliphatic rings. The summed E-state index contributed by atoms with van der Waals surface area (Å²) in [5.41, 5.74) is 0. The molecular weight excluding hydrogens is 238 g/mol. The standard InChI is InChI=1S/C12H18ClN3O/c1-2-7-17-11-3-5-14-12(15-11)16-6-4-10(8-13)9-16/h3,5,10H,2,4,6-9H2,1H3. The van der Waals surface area contributed by atoms with Gasteiger partial charge >= 0.3 is 0 Å². The molecule has 4 nitrogen and oxygen atoms in total. The minimum Gasteiger partial charge on any atom is -0.478 e. The number of rotatable bonds is 5. The molecule has 0 aliphatic carbocycles. The lowest BCUT2D eigenvalue weighted by Crippen LogP contribution is -2.22. The van der Waals surface area contributed by atoms with Crippen LogP contribution in [0.3, 0.4) is 0 Å². The minimum atomic E-state index is 0.556. The summed E-state index contributed by atoms with van der Waals surface area (Å²) in [5.74, 6) is 2.68. The first-order valence-corrected chi connectivity index (χ1v) is 6.63. The largest absolute Gasteiger partial charge is 0.478 e. The van der Waals surface area contributed by atoms with Crippen LogP contribution in [0.5, 0.6) is 5.88 Å². The van der Waals surface area contributed by atoms with Gasteiger partial charge in [-0.25, -0.2) is 4.98 Å². The van der Waals surface area contributed by atoms with Gasteiger partial charge in [0.05, 0.1) is 6.61 Å². The van der Waals surface area contributed by atoms with Gasteiger partial charge in [-0.05, 0) is 18.8 Å². The number of halogens is 1. The van der Waals surface area contributed by atoms with Crippen molar-refractivity contribution >= 4 is 17.5 Å². The molecule has 1 atom stereocenters. The maximum absolute atomic E-state index is 5.87. The van der Waals surface area contributed by atoms with Crippen LogP contribution in [0.4, 0.5) is 5.95 Å². The lowest BCUT2D eigenvalue weighted by molar-refractivity contribution is 0.305. The molecule has 1 unspecified atom stereocenters. The Labute approximate surface area is 107 Å². The summed E-state index contributed by atoms with van der Waals surface area (Å²) in [6, 6.07) is 1.80. The van der Waals surface area contributed by atoms with Crippen LogP contribution in [-0.4, -0.2) is 35.5 Å². The molecule has 1 aromatic heterocycles. The third kappa shape index (κ3) is 3.22. The predicted molar refractivity (Wildman–Crippen MR) is 68.9 cm³/mol. The quantitative estimate of drug-likeness (QED) is 0.757. The van der Waals surface area contributed by atoms with E-state index in [9.17, 15) is 0 Å². The summed E-state index contributed by atoms with van der Waals surface area (Å²) in [4.78, 5) is 10.9. The number of hydrogen-bond donors (Lipinski definition) is 0. The zero-order chi connectivity index (χ0) is 12.1. The Kier molecular flexibility index (Phi) is 4.42. The smallest absolute Gasteiger partial charge is 0.228 e. The van der Waals surface area contributed by atoms with Crippen molar-refractivity contribution in [3.05, 3.63) is 12.3 Å². The van der Waals surface area contributed by atoms with E-state index in [0.29, 0.717) is 24.3 Å². The molecule has 5 heteroatoms. The van der Waals surface area contributed by atoms with E-state index in [1.807, 2.05) is 0 Å². The van der Waals surface area contributed by atoms with E-state index >= 15 is 0 Å². The van der Waals surface area contributed by atoms with E-state index in [1.54, 1.807) is 12.3 Å². The zero-order valence-corrected chi connectivity index (χ0v) is 10.9. The summed E-state index contributed by atoms with van der Waals surface area (Å²) in [6.07, 6.45) is 3.85. The molecule has 17 heavy (non-hydrogen) atoms. The van der Waals surface area contributed by atoms with Gasteiger partial charge in [-0.1, -0.05) is 6.92 Å². The van der Waals surface area contributed by atoms with Gasteiger partial charge in [0.2, 0.25) is 11.8 Å². The lowest BCUT2D eigenvalue weighted by Gasteiger charge is -2.16. The van der Waals surface area contributed by atoms with Gasteiger partial charge < -0.3 is 9.64 Å². The Morgan fingerprint density at radius 1 is 1.59 bits per heavy atom. The monoisotopic (exact) mass is 255 g/mol. The van der Waals surface area contributed by atoms with E-state index in [0.717, 1.165) is 31.9 Å². The molecule has 0 bridgehead atoms. The minimum absolute atomic E-state index is 0.556. The fourth-order valence-corrected chi connectivity index (χ4v) is 2.16. The third-order valence-corrected chi connectivity index (χ3v) is 3.29. The lowest BCUT2D eigenvalue weighted by atomic mass is 10.2. The highest BCUT2D eigenvalue weighted by molar-refractivity contribution is 6.18. The Hall–Kier alpha value is -1.03. The number of nitrogens with zero attached hydrogens (tertiary/aromatic N) is 3. The van der Waals surface area contributed by atoms with Crippen molar-refractivity contribution in [1.29, 1.82) is 0 Å². The summed E-state index contributed by atoms with van der Waals surface area (Å²) in [6.45, 7) is 4.70. The highest BCUT2D eigenvalue weighted by Crippen LogP contribution is 2.22. The van der Waals surface area contributed by atoms with Crippen LogP contribution in [0.1, 0.15) is 19.8 Å². The normalized spacial score (nSPS) is 19.6. The molecule has 94 valence electrons. The highest BCUT2D eigenvalue weighted by Gasteiger charge is 2.23. The van der Waals surface area contributed by atoms with E-state index in [1.165, 1.54) is 0 Å². The molecule has 0 saturated carbocycles. The molecule has 0 aromatic carbocycles. The predicted octanol–water partition coefficient (Wildman–Crippen LogP) is 2.33. The second kappa shape index (κ2) is 6.05. The van der Waals surface area contributed by atoms with E-state index < -0.39 is 0 Å². The van der Waals surface area contributed by atoms with Crippen molar-refractivity contribution in [2.45, 2.75) is 19.8 Å². The fourth-order valence-electron chi connectivity index (χ4n) is 1.91. The van der Waals surface area contributed by atoms with Crippen molar-refractivity contribution in [3.63, 3.8) is 0 Å². The number of anilines is 1. The average Bonchev–Trinajstić information content (AvgIpc) is 2.85. The first-order valence-electron chi connectivity index (χ1n) is 6.10. The van der Waals surface area contributed by atoms with Crippen LogP contribution in [-0.2, 0) is 0 Å². The molecular formula is C12H18ClN3O. The molecule has 1 aromatic rings. The highest BCUT2D eigenvalue weighted by atomic mass is 35.5. The number of hydrogen-bond acceptors (Lipinski definition) is 4. The number of alkyl halides is 1. The molecule has 0 radical (unpaired) electrons. The van der Waals surface area contributed by atoms with E-state index in [-0.39, 0.29) is 0 Å². The van der Waals surface area contributed by atoms with Crippen molar-refractivity contribution in [1.82, 2.24) is 9.97 Å². The molecule has 0 amide bonds. The molecule has 0 N–H and O–H groups in total. The van der Waals surface area contributed by atoms with Gasteiger partial charge in [0.1, 0.15) is 0 Å². The van der Waals surface area contributed by atoms with Crippen LogP contribution >= 0.6 is 11.6 Å². The molecule has 2 rings (SSSR count). The maximum atomic E-state index is 5.87.